The van der Waals surface area contributed by atoms with Gasteiger partial charge in [0, 0.05) is 11.8 Å². The summed E-state index contributed by atoms with van der Waals surface area (Å²) in [6.45, 7) is 2.07. The number of methoxy groups -OCH3 is 1. The number of carbonyl (C=O) groups is 1. The molecular formula is C12H14N4O3. The Balaban J connectivity index is 1.84. The van der Waals surface area contributed by atoms with E-state index in [1.54, 1.807) is 12.1 Å². The smallest absolute Gasteiger partial charge is 0.320 e. The van der Waals surface area contributed by atoms with Crippen molar-refractivity contribution < 1.29 is 14.1 Å². The van der Waals surface area contributed by atoms with Crippen LogP contribution in [0, 0.1) is 6.92 Å². The van der Waals surface area contributed by atoms with Crippen LogP contribution in [0.15, 0.2) is 28.8 Å². The van der Waals surface area contributed by atoms with Crippen LogP contribution in [-0.4, -0.2) is 23.3 Å². The van der Waals surface area contributed by atoms with E-state index < -0.39 is 0 Å². The summed E-state index contributed by atoms with van der Waals surface area (Å²) < 4.78 is 9.81. The average molecular weight is 262 g/mol. The maximum absolute atomic E-state index is 11.6. The molecule has 0 saturated heterocycles. The molecule has 2 heterocycles. The standard InChI is InChI=1S/C12H14N4O3/c1-8-4-3-5-10(14-8)15-12(17)13-7-9-6-11(18-2)16-19-9/h3-6H,7H2,1-2H3,(H2,13,14,15,17). The van der Waals surface area contributed by atoms with Crippen molar-refractivity contribution >= 4 is 11.8 Å². The number of amides is 2. The number of hydrogen-bond donors (Lipinski definition) is 2. The molecule has 2 rings (SSSR count). The predicted octanol–water partition coefficient (Wildman–Crippen LogP) is 1.71. The molecule has 0 atom stereocenters. The van der Waals surface area contributed by atoms with Gasteiger partial charge in [-0.1, -0.05) is 6.07 Å². The number of carbonyl (C=O) groups excluding carboxylic acids is 1. The fourth-order valence-corrected chi connectivity index (χ4v) is 1.41. The van der Waals surface area contributed by atoms with Gasteiger partial charge in [0.2, 0.25) is 0 Å². The highest BCUT2D eigenvalue weighted by Gasteiger charge is 2.07. The SMILES string of the molecule is COc1cc(CNC(=O)Nc2cccc(C)n2)on1. The molecule has 0 saturated carbocycles. The predicted molar refractivity (Wildman–Crippen MR) is 67.9 cm³/mol. The highest BCUT2D eigenvalue weighted by molar-refractivity contribution is 5.88. The van der Waals surface area contributed by atoms with Crippen molar-refractivity contribution in [1.82, 2.24) is 15.5 Å². The highest BCUT2D eigenvalue weighted by atomic mass is 16.5. The average Bonchev–Trinajstić information content (AvgIpc) is 2.84. The largest absolute Gasteiger partial charge is 0.479 e. The van der Waals surface area contributed by atoms with Gasteiger partial charge in [-0.15, -0.1) is 0 Å². The maximum atomic E-state index is 11.6. The zero-order chi connectivity index (χ0) is 13.7. The van der Waals surface area contributed by atoms with E-state index in [4.69, 9.17) is 9.26 Å². The number of hydrogen-bond acceptors (Lipinski definition) is 5. The summed E-state index contributed by atoms with van der Waals surface area (Å²) in [5.74, 6) is 1.37. The minimum absolute atomic E-state index is 0.216. The van der Waals surface area contributed by atoms with Crippen LogP contribution in [0.2, 0.25) is 0 Å². The second kappa shape index (κ2) is 5.85. The van der Waals surface area contributed by atoms with Gasteiger partial charge >= 0.3 is 6.03 Å². The van der Waals surface area contributed by atoms with Crippen molar-refractivity contribution in [1.29, 1.82) is 0 Å². The third-order valence-electron chi connectivity index (χ3n) is 2.30. The molecule has 0 spiro atoms. The lowest BCUT2D eigenvalue weighted by Gasteiger charge is -2.05. The van der Waals surface area contributed by atoms with Crippen molar-refractivity contribution in [2.45, 2.75) is 13.5 Å². The molecule has 100 valence electrons. The number of urea groups is 1. The fraction of sp³-hybridized carbons (Fsp3) is 0.250. The summed E-state index contributed by atoms with van der Waals surface area (Å²) in [4.78, 5) is 15.8. The zero-order valence-electron chi connectivity index (χ0n) is 10.6. The molecule has 0 unspecified atom stereocenters. The van der Waals surface area contributed by atoms with Crippen molar-refractivity contribution in [2.24, 2.45) is 0 Å². The Morgan fingerprint density at radius 3 is 3.00 bits per heavy atom. The minimum Gasteiger partial charge on any atom is -0.479 e. The fourth-order valence-electron chi connectivity index (χ4n) is 1.41. The Kier molecular flexibility index (Phi) is 3.97. The lowest BCUT2D eigenvalue weighted by molar-refractivity contribution is 0.249. The van der Waals surface area contributed by atoms with Gasteiger partial charge < -0.3 is 14.6 Å². The van der Waals surface area contributed by atoms with Crippen LogP contribution in [0.4, 0.5) is 10.6 Å². The summed E-state index contributed by atoms with van der Waals surface area (Å²) in [7, 11) is 1.49. The van der Waals surface area contributed by atoms with E-state index in [-0.39, 0.29) is 12.6 Å². The summed E-state index contributed by atoms with van der Waals surface area (Å²) in [6.07, 6.45) is 0. The second-order valence-corrected chi connectivity index (χ2v) is 3.81. The number of rotatable bonds is 4. The van der Waals surface area contributed by atoms with E-state index in [0.29, 0.717) is 17.5 Å². The Morgan fingerprint density at radius 1 is 1.47 bits per heavy atom. The maximum Gasteiger partial charge on any atom is 0.320 e. The normalized spacial score (nSPS) is 10.0. The van der Waals surface area contributed by atoms with E-state index >= 15 is 0 Å². The lowest BCUT2D eigenvalue weighted by atomic mass is 10.4. The number of pyridine rings is 1. The molecule has 0 aliphatic carbocycles. The van der Waals surface area contributed by atoms with Crippen LogP contribution < -0.4 is 15.4 Å². The molecular weight excluding hydrogens is 248 g/mol. The van der Waals surface area contributed by atoms with E-state index in [1.807, 2.05) is 19.1 Å². The molecule has 2 aromatic heterocycles. The molecule has 0 aliphatic rings. The van der Waals surface area contributed by atoms with Gasteiger partial charge in [0.15, 0.2) is 5.76 Å². The van der Waals surface area contributed by atoms with Gasteiger partial charge in [-0.2, -0.15) is 0 Å². The van der Waals surface area contributed by atoms with Gasteiger partial charge in [-0.25, -0.2) is 9.78 Å². The minimum atomic E-state index is -0.367. The molecule has 19 heavy (non-hydrogen) atoms. The summed E-state index contributed by atoms with van der Waals surface area (Å²) in [5.41, 5.74) is 0.831. The Labute approximate surface area is 110 Å². The Morgan fingerprint density at radius 2 is 2.32 bits per heavy atom. The molecule has 2 N–H and O–H groups in total. The molecule has 2 aromatic rings. The number of nitrogens with one attached hydrogen (secondary N) is 2. The summed E-state index contributed by atoms with van der Waals surface area (Å²) in [5, 5.41) is 8.87. The molecule has 0 aromatic carbocycles. The quantitative estimate of drug-likeness (QED) is 0.875. The lowest BCUT2D eigenvalue weighted by Crippen LogP contribution is -2.28. The second-order valence-electron chi connectivity index (χ2n) is 3.81. The van der Waals surface area contributed by atoms with Crippen LogP contribution in [-0.2, 0) is 6.54 Å². The first kappa shape index (κ1) is 12.9. The summed E-state index contributed by atoms with van der Waals surface area (Å²) in [6, 6.07) is 6.62. The van der Waals surface area contributed by atoms with Gasteiger partial charge in [0.25, 0.3) is 5.88 Å². The first-order valence-corrected chi connectivity index (χ1v) is 5.65. The monoisotopic (exact) mass is 262 g/mol. The molecule has 0 radical (unpaired) electrons. The van der Waals surface area contributed by atoms with Crippen molar-refractivity contribution in [3.05, 3.63) is 35.7 Å². The molecule has 7 nitrogen and oxygen atoms in total. The molecule has 7 heteroatoms. The van der Waals surface area contributed by atoms with Crippen LogP contribution in [0.1, 0.15) is 11.5 Å². The highest BCUT2D eigenvalue weighted by Crippen LogP contribution is 2.10. The molecule has 2 amide bonds. The Bertz CT molecular complexity index is 568. The van der Waals surface area contributed by atoms with E-state index in [2.05, 4.69) is 20.8 Å². The van der Waals surface area contributed by atoms with Crippen molar-refractivity contribution in [3.8, 4) is 5.88 Å². The Hall–Kier alpha value is -2.57. The summed E-state index contributed by atoms with van der Waals surface area (Å²) >= 11 is 0. The third kappa shape index (κ3) is 3.70. The number of aryl methyl sites for hydroxylation is 1. The first-order chi connectivity index (χ1) is 9.17. The van der Waals surface area contributed by atoms with Crippen molar-refractivity contribution in [3.63, 3.8) is 0 Å². The molecule has 0 fully saturated rings. The van der Waals surface area contributed by atoms with Crippen LogP contribution >= 0.6 is 0 Å². The number of anilines is 1. The van der Waals surface area contributed by atoms with Crippen LogP contribution in [0.25, 0.3) is 0 Å². The van der Waals surface area contributed by atoms with Crippen molar-refractivity contribution in [2.75, 3.05) is 12.4 Å². The molecule has 0 aliphatic heterocycles. The van der Waals surface area contributed by atoms with Gasteiger partial charge in [-0.05, 0) is 24.2 Å². The van der Waals surface area contributed by atoms with E-state index in [9.17, 15) is 4.79 Å². The topological polar surface area (TPSA) is 89.3 Å². The van der Waals surface area contributed by atoms with E-state index in [0.717, 1.165) is 5.69 Å². The number of ether oxygens (including phenoxy) is 1. The third-order valence-corrected chi connectivity index (χ3v) is 2.30. The van der Waals surface area contributed by atoms with Gasteiger partial charge in [0.05, 0.1) is 13.7 Å². The van der Waals surface area contributed by atoms with Crippen LogP contribution in [0.5, 0.6) is 5.88 Å². The number of aromatic nitrogens is 2. The van der Waals surface area contributed by atoms with Crippen LogP contribution in [0.3, 0.4) is 0 Å². The zero-order valence-corrected chi connectivity index (χ0v) is 10.6. The molecule has 0 bridgehead atoms. The van der Waals surface area contributed by atoms with Gasteiger partial charge in [0.1, 0.15) is 5.82 Å². The first-order valence-electron chi connectivity index (χ1n) is 5.65. The van der Waals surface area contributed by atoms with E-state index in [1.165, 1.54) is 7.11 Å². The van der Waals surface area contributed by atoms with Gasteiger partial charge in [-0.3, -0.25) is 5.32 Å². The number of nitrogens with zero attached hydrogens (tertiary/aromatic N) is 2.